The molecule has 1 heterocycles. The predicted octanol–water partition coefficient (Wildman–Crippen LogP) is 1.56. The van der Waals surface area contributed by atoms with E-state index in [1.165, 1.54) is 0 Å². The molecule has 1 saturated heterocycles. The second kappa shape index (κ2) is 6.05. The van der Waals surface area contributed by atoms with Crippen LogP contribution in [0.5, 0.6) is 0 Å². The summed E-state index contributed by atoms with van der Waals surface area (Å²) in [5.41, 5.74) is 7.46. The smallest absolute Gasteiger partial charge is 0.106 e. The van der Waals surface area contributed by atoms with Crippen LogP contribution >= 0.6 is 23.8 Å². The van der Waals surface area contributed by atoms with Crippen molar-refractivity contribution < 1.29 is 9.84 Å². The largest absolute Gasteiger partial charge is 0.394 e. The van der Waals surface area contributed by atoms with Crippen LogP contribution in [0.25, 0.3) is 0 Å². The zero-order chi connectivity index (χ0) is 14.0. The van der Waals surface area contributed by atoms with Crippen LogP contribution in [0.2, 0.25) is 5.02 Å². The molecule has 0 aromatic heterocycles. The van der Waals surface area contributed by atoms with Crippen molar-refractivity contribution in [2.24, 2.45) is 5.73 Å². The minimum atomic E-state index is -0.189. The fraction of sp³-hybridized carbons (Fsp3) is 0.462. The van der Waals surface area contributed by atoms with E-state index in [0.717, 1.165) is 11.3 Å². The molecule has 0 spiro atoms. The van der Waals surface area contributed by atoms with Gasteiger partial charge in [0.15, 0.2) is 0 Å². The third-order valence-corrected chi connectivity index (χ3v) is 3.70. The summed E-state index contributed by atoms with van der Waals surface area (Å²) in [6.45, 7) is 3.23. The molecule has 1 aliphatic rings. The number of rotatable bonds is 3. The summed E-state index contributed by atoms with van der Waals surface area (Å²) in [5.74, 6) is 0. The van der Waals surface area contributed by atoms with E-state index in [1.807, 2.05) is 12.1 Å². The fourth-order valence-electron chi connectivity index (χ4n) is 2.22. The first kappa shape index (κ1) is 14.5. The molecule has 19 heavy (non-hydrogen) atoms. The van der Waals surface area contributed by atoms with Crippen molar-refractivity contribution >= 4 is 34.5 Å². The molecule has 2 unspecified atom stereocenters. The number of aliphatic hydroxyl groups is 1. The molecule has 1 fully saturated rings. The molecular formula is C13H17ClN2O2S. The molecule has 2 atom stereocenters. The van der Waals surface area contributed by atoms with Crippen molar-refractivity contribution in [1.29, 1.82) is 0 Å². The molecular weight excluding hydrogens is 284 g/mol. The second-order valence-corrected chi connectivity index (χ2v) is 5.54. The zero-order valence-corrected chi connectivity index (χ0v) is 12.2. The van der Waals surface area contributed by atoms with Gasteiger partial charge >= 0.3 is 0 Å². The number of hydrogen-bond acceptors (Lipinski definition) is 4. The van der Waals surface area contributed by atoms with E-state index in [0.29, 0.717) is 23.2 Å². The van der Waals surface area contributed by atoms with Gasteiger partial charge in [-0.25, -0.2) is 0 Å². The van der Waals surface area contributed by atoms with Crippen molar-refractivity contribution in [2.75, 3.05) is 24.7 Å². The van der Waals surface area contributed by atoms with E-state index in [4.69, 9.17) is 34.3 Å². The molecule has 2 rings (SSSR count). The van der Waals surface area contributed by atoms with Gasteiger partial charge in [-0.15, -0.1) is 0 Å². The SMILES string of the molecule is CC1COC(CO)CN1c1ccc(Cl)cc1C(N)=S. The highest BCUT2D eigenvalue weighted by molar-refractivity contribution is 7.80. The Labute approximate surface area is 123 Å². The Morgan fingerprint density at radius 1 is 1.63 bits per heavy atom. The van der Waals surface area contributed by atoms with Crippen LogP contribution in [0.4, 0.5) is 5.69 Å². The van der Waals surface area contributed by atoms with Crippen LogP contribution in [0.15, 0.2) is 18.2 Å². The molecule has 0 amide bonds. The number of nitrogens with zero attached hydrogens (tertiary/aromatic N) is 1. The van der Waals surface area contributed by atoms with Crippen LogP contribution in [0.3, 0.4) is 0 Å². The van der Waals surface area contributed by atoms with Crippen LogP contribution < -0.4 is 10.6 Å². The summed E-state index contributed by atoms with van der Waals surface area (Å²) >= 11 is 11.1. The minimum Gasteiger partial charge on any atom is -0.394 e. The summed E-state index contributed by atoms with van der Waals surface area (Å²) in [7, 11) is 0. The van der Waals surface area contributed by atoms with E-state index in [-0.39, 0.29) is 18.8 Å². The normalized spacial score (nSPS) is 23.4. The van der Waals surface area contributed by atoms with Crippen LogP contribution in [-0.4, -0.2) is 42.0 Å². The predicted molar refractivity (Wildman–Crippen MR) is 81.0 cm³/mol. The standard InChI is InChI=1S/C13H17ClN2O2S/c1-8-7-18-10(6-17)5-16(8)12-3-2-9(14)4-11(12)13(15)19/h2-4,8,10,17H,5-7H2,1H3,(H2,15,19). The van der Waals surface area contributed by atoms with Gasteiger partial charge in [0, 0.05) is 28.9 Å². The Kier molecular flexibility index (Phi) is 4.62. The van der Waals surface area contributed by atoms with Crippen LogP contribution in [0, 0.1) is 0 Å². The van der Waals surface area contributed by atoms with Crippen molar-refractivity contribution in [3.8, 4) is 0 Å². The maximum absolute atomic E-state index is 9.24. The van der Waals surface area contributed by atoms with Gasteiger partial charge in [-0.2, -0.15) is 0 Å². The Balaban J connectivity index is 2.36. The van der Waals surface area contributed by atoms with Crippen molar-refractivity contribution in [3.63, 3.8) is 0 Å². The number of hydrogen-bond donors (Lipinski definition) is 2. The Morgan fingerprint density at radius 3 is 3.00 bits per heavy atom. The Hall–Kier alpha value is -0.880. The lowest BCUT2D eigenvalue weighted by atomic mass is 10.1. The van der Waals surface area contributed by atoms with E-state index in [2.05, 4.69) is 11.8 Å². The van der Waals surface area contributed by atoms with Crippen LogP contribution in [-0.2, 0) is 4.74 Å². The van der Waals surface area contributed by atoms with Crippen molar-refractivity contribution in [1.82, 2.24) is 0 Å². The molecule has 104 valence electrons. The quantitative estimate of drug-likeness (QED) is 0.830. The fourth-order valence-corrected chi connectivity index (χ4v) is 2.56. The van der Waals surface area contributed by atoms with Gasteiger partial charge in [0.05, 0.1) is 19.3 Å². The molecule has 0 bridgehead atoms. The van der Waals surface area contributed by atoms with Gasteiger partial charge in [-0.3, -0.25) is 0 Å². The van der Waals surface area contributed by atoms with Crippen molar-refractivity contribution in [3.05, 3.63) is 28.8 Å². The van der Waals surface area contributed by atoms with E-state index >= 15 is 0 Å². The molecule has 1 aliphatic heterocycles. The Morgan fingerprint density at radius 2 is 2.37 bits per heavy atom. The monoisotopic (exact) mass is 300 g/mol. The highest BCUT2D eigenvalue weighted by Crippen LogP contribution is 2.28. The number of nitrogens with two attached hydrogens (primary N) is 1. The molecule has 0 radical (unpaired) electrons. The number of aliphatic hydroxyl groups excluding tert-OH is 1. The van der Waals surface area contributed by atoms with Crippen molar-refractivity contribution in [2.45, 2.75) is 19.1 Å². The molecule has 6 heteroatoms. The van der Waals surface area contributed by atoms with Gasteiger partial charge in [-0.1, -0.05) is 23.8 Å². The number of benzene rings is 1. The maximum Gasteiger partial charge on any atom is 0.106 e. The minimum absolute atomic E-state index is 0.000779. The number of thiocarbonyl (C=S) groups is 1. The topological polar surface area (TPSA) is 58.7 Å². The summed E-state index contributed by atoms with van der Waals surface area (Å²) in [6, 6.07) is 5.69. The number of halogens is 1. The van der Waals surface area contributed by atoms with Gasteiger partial charge in [0.2, 0.25) is 0 Å². The molecule has 0 aliphatic carbocycles. The summed E-state index contributed by atoms with van der Waals surface area (Å²) in [5, 5.41) is 9.84. The van der Waals surface area contributed by atoms with E-state index in [1.54, 1.807) is 6.07 Å². The second-order valence-electron chi connectivity index (χ2n) is 4.67. The molecule has 4 nitrogen and oxygen atoms in total. The van der Waals surface area contributed by atoms with E-state index < -0.39 is 0 Å². The zero-order valence-electron chi connectivity index (χ0n) is 10.7. The van der Waals surface area contributed by atoms with Gasteiger partial charge in [0.25, 0.3) is 0 Å². The van der Waals surface area contributed by atoms with E-state index in [9.17, 15) is 5.11 Å². The Bertz CT molecular complexity index is 484. The number of anilines is 1. The molecule has 1 aromatic carbocycles. The summed E-state index contributed by atoms with van der Waals surface area (Å²) in [6.07, 6.45) is -0.189. The highest BCUT2D eigenvalue weighted by atomic mass is 35.5. The third-order valence-electron chi connectivity index (χ3n) is 3.24. The molecule has 0 saturated carbocycles. The highest BCUT2D eigenvalue weighted by Gasteiger charge is 2.27. The van der Waals surface area contributed by atoms with Crippen LogP contribution in [0.1, 0.15) is 12.5 Å². The molecule has 3 N–H and O–H groups in total. The average molecular weight is 301 g/mol. The lowest BCUT2D eigenvalue weighted by Crippen LogP contribution is -2.50. The first-order valence-corrected chi connectivity index (χ1v) is 6.90. The first-order valence-electron chi connectivity index (χ1n) is 6.11. The lowest BCUT2D eigenvalue weighted by Gasteiger charge is -2.40. The van der Waals surface area contributed by atoms with Gasteiger partial charge in [-0.05, 0) is 25.1 Å². The maximum atomic E-state index is 9.24. The average Bonchev–Trinajstić information content (AvgIpc) is 2.39. The van der Waals surface area contributed by atoms with Gasteiger partial charge < -0.3 is 20.5 Å². The number of ether oxygens (including phenoxy) is 1. The lowest BCUT2D eigenvalue weighted by molar-refractivity contribution is -0.0103. The summed E-state index contributed by atoms with van der Waals surface area (Å²) in [4.78, 5) is 2.46. The number of morpholine rings is 1. The van der Waals surface area contributed by atoms with Gasteiger partial charge in [0.1, 0.15) is 4.99 Å². The third kappa shape index (κ3) is 3.17. The first-order chi connectivity index (χ1) is 9.02. The molecule has 1 aromatic rings. The summed E-state index contributed by atoms with van der Waals surface area (Å²) < 4.78 is 5.53.